The van der Waals surface area contributed by atoms with Crippen molar-refractivity contribution in [3.8, 4) is 0 Å². The van der Waals surface area contributed by atoms with E-state index >= 15 is 0 Å². The van der Waals surface area contributed by atoms with Crippen molar-refractivity contribution < 1.29 is 0 Å². The third-order valence-electron chi connectivity index (χ3n) is 2.14. The van der Waals surface area contributed by atoms with E-state index in [1.807, 2.05) is 19.2 Å². The van der Waals surface area contributed by atoms with E-state index < -0.39 is 0 Å². The summed E-state index contributed by atoms with van der Waals surface area (Å²) in [5.41, 5.74) is 1.27. The molecule has 13 heavy (non-hydrogen) atoms. The SMILES string of the molecule is Cn1c(=O)c2nc(Br)ccc2n1C. The third-order valence-corrected chi connectivity index (χ3v) is 2.58. The second-order valence-corrected chi connectivity index (χ2v) is 3.67. The maximum absolute atomic E-state index is 11.6. The normalized spacial score (nSPS) is 11.0. The van der Waals surface area contributed by atoms with Gasteiger partial charge in [-0.1, -0.05) is 0 Å². The second kappa shape index (κ2) is 2.70. The molecule has 68 valence electrons. The van der Waals surface area contributed by atoms with E-state index in [0.29, 0.717) is 10.1 Å². The van der Waals surface area contributed by atoms with Gasteiger partial charge in [-0.15, -0.1) is 0 Å². The average molecular weight is 242 g/mol. The highest BCUT2D eigenvalue weighted by atomic mass is 79.9. The van der Waals surface area contributed by atoms with E-state index in [1.54, 1.807) is 11.7 Å². The molecule has 0 amide bonds. The molecule has 2 heterocycles. The first-order chi connectivity index (χ1) is 6.11. The summed E-state index contributed by atoms with van der Waals surface area (Å²) in [6.45, 7) is 0. The van der Waals surface area contributed by atoms with E-state index in [2.05, 4.69) is 20.9 Å². The van der Waals surface area contributed by atoms with Gasteiger partial charge in [0.25, 0.3) is 5.56 Å². The Bertz CT molecular complexity index is 526. The molecule has 0 atom stereocenters. The fraction of sp³-hybridized carbons (Fsp3) is 0.250. The van der Waals surface area contributed by atoms with Crippen molar-refractivity contribution in [2.75, 3.05) is 0 Å². The van der Waals surface area contributed by atoms with Crippen LogP contribution in [-0.4, -0.2) is 14.3 Å². The third kappa shape index (κ3) is 1.11. The molecule has 0 saturated heterocycles. The van der Waals surface area contributed by atoms with Crippen LogP contribution >= 0.6 is 15.9 Å². The Labute approximate surface area is 82.9 Å². The topological polar surface area (TPSA) is 39.8 Å². The zero-order valence-corrected chi connectivity index (χ0v) is 8.87. The van der Waals surface area contributed by atoms with Gasteiger partial charge in [-0.05, 0) is 28.1 Å². The van der Waals surface area contributed by atoms with Crippen LogP contribution in [0.1, 0.15) is 0 Å². The maximum Gasteiger partial charge on any atom is 0.292 e. The zero-order valence-electron chi connectivity index (χ0n) is 7.28. The van der Waals surface area contributed by atoms with Gasteiger partial charge < -0.3 is 0 Å². The number of aromatic nitrogens is 3. The second-order valence-electron chi connectivity index (χ2n) is 2.85. The zero-order chi connectivity index (χ0) is 9.59. The number of pyridine rings is 1. The maximum atomic E-state index is 11.6. The van der Waals surface area contributed by atoms with Crippen LogP contribution in [0.25, 0.3) is 11.0 Å². The van der Waals surface area contributed by atoms with Gasteiger partial charge in [0.15, 0.2) is 5.52 Å². The molecule has 5 heteroatoms. The van der Waals surface area contributed by atoms with Gasteiger partial charge in [0.1, 0.15) is 4.60 Å². The van der Waals surface area contributed by atoms with Crippen LogP contribution in [-0.2, 0) is 14.1 Å². The number of hydrogen-bond acceptors (Lipinski definition) is 2. The number of halogens is 1. The van der Waals surface area contributed by atoms with Gasteiger partial charge in [0.2, 0.25) is 0 Å². The first-order valence-corrected chi connectivity index (χ1v) is 4.59. The van der Waals surface area contributed by atoms with Gasteiger partial charge in [0.05, 0.1) is 5.52 Å². The van der Waals surface area contributed by atoms with Crippen molar-refractivity contribution in [2.45, 2.75) is 0 Å². The quantitative estimate of drug-likeness (QED) is 0.647. The summed E-state index contributed by atoms with van der Waals surface area (Å²) in [7, 11) is 3.55. The molecule has 0 aliphatic heterocycles. The lowest BCUT2D eigenvalue weighted by molar-refractivity contribution is 0.595. The molecule has 0 aromatic carbocycles. The number of aryl methyl sites for hydroxylation is 1. The van der Waals surface area contributed by atoms with Gasteiger partial charge in [-0.2, -0.15) is 0 Å². The first kappa shape index (κ1) is 8.50. The molecule has 0 fully saturated rings. The van der Waals surface area contributed by atoms with Crippen LogP contribution in [0.4, 0.5) is 0 Å². The smallest absolute Gasteiger partial charge is 0.284 e. The summed E-state index contributed by atoms with van der Waals surface area (Å²) >= 11 is 3.23. The molecule has 0 spiro atoms. The van der Waals surface area contributed by atoms with E-state index in [1.165, 1.54) is 4.68 Å². The Morgan fingerprint density at radius 3 is 2.69 bits per heavy atom. The van der Waals surface area contributed by atoms with Crippen LogP contribution in [0.15, 0.2) is 21.5 Å². The summed E-state index contributed by atoms with van der Waals surface area (Å²) in [5.74, 6) is 0. The van der Waals surface area contributed by atoms with Crippen molar-refractivity contribution in [1.29, 1.82) is 0 Å². The molecule has 0 radical (unpaired) electrons. The van der Waals surface area contributed by atoms with Crippen LogP contribution in [0, 0.1) is 0 Å². The van der Waals surface area contributed by atoms with Gasteiger partial charge in [-0.3, -0.25) is 14.2 Å². The molecule has 0 unspecified atom stereocenters. The number of fused-ring (bicyclic) bond motifs is 1. The largest absolute Gasteiger partial charge is 0.292 e. The van der Waals surface area contributed by atoms with Gasteiger partial charge >= 0.3 is 0 Å². The molecular formula is C8H8BrN3O. The summed E-state index contributed by atoms with van der Waals surface area (Å²) in [6.07, 6.45) is 0. The summed E-state index contributed by atoms with van der Waals surface area (Å²) in [5, 5.41) is 0. The number of nitrogens with zero attached hydrogens (tertiary/aromatic N) is 3. The molecule has 2 aromatic heterocycles. The standard InChI is InChI=1S/C8H8BrN3O/c1-11-5-3-4-6(9)10-7(5)8(13)12(11)2/h3-4H,1-2H3. The minimum absolute atomic E-state index is 0.0706. The average Bonchev–Trinajstić information content (AvgIpc) is 2.32. The van der Waals surface area contributed by atoms with Crippen LogP contribution in [0.2, 0.25) is 0 Å². The molecule has 0 aliphatic rings. The van der Waals surface area contributed by atoms with Crippen molar-refractivity contribution in [2.24, 2.45) is 14.1 Å². The highest BCUT2D eigenvalue weighted by Crippen LogP contribution is 2.12. The highest BCUT2D eigenvalue weighted by molar-refractivity contribution is 9.10. The highest BCUT2D eigenvalue weighted by Gasteiger charge is 2.08. The molecule has 4 nitrogen and oxygen atoms in total. The minimum atomic E-state index is -0.0706. The van der Waals surface area contributed by atoms with Crippen molar-refractivity contribution in [1.82, 2.24) is 14.3 Å². The minimum Gasteiger partial charge on any atom is -0.284 e. The molecule has 0 bridgehead atoms. The van der Waals surface area contributed by atoms with Crippen molar-refractivity contribution in [3.05, 3.63) is 27.1 Å². The predicted molar refractivity (Wildman–Crippen MR) is 53.7 cm³/mol. The lowest BCUT2D eigenvalue weighted by Gasteiger charge is -1.98. The molecule has 2 aromatic rings. The number of rotatable bonds is 0. The molecule has 0 aliphatic carbocycles. The summed E-state index contributed by atoms with van der Waals surface area (Å²) in [6, 6.07) is 3.69. The predicted octanol–water partition coefficient (Wildman–Crippen LogP) is 1.03. The van der Waals surface area contributed by atoms with E-state index in [4.69, 9.17) is 0 Å². The fourth-order valence-corrected chi connectivity index (χ4v) is 1.61. The lowest BCUT2D eigenvalue weighted by atomic mass is 10.4. The molecule has 2 rings (SSSR count). The molecular weight excluding hydrogens is 234 g/mol. The lowest BCUT2D eigenvalue weighted by Crippen LogP contribution is -2.16. The monoisotopic (exact) mass is 241 g/mol. The Morgan fingerprint density at radius 2 is 2.00 bits per heavy atom. The Morgan fingerprint density at radius 1 is 1.31 bits per heavy atom. The van der Waals surface area contributed by atoms with Gasteiger partial charge in [0, 0.05) is 14.1 Å². The summed E-state index contributed by atoms with van der Waals surface area (Å²) in [4.78, 5) is 15.7. The van der Waals surface area contributed by atoms with Gasteiger partial charge in [-0.25, -0.2) is 4.98 Å². The molecule has 0 saturated carbocycles. The Balaban J connectivity index is 3.04. The van der Waals surface area contributed by atoms with E-state index in [9.17, 15) is 4.79 Å². The first-order valence-electron chi connectivity index (χ1n) is 3.79. The fourth-order valence-electron chi connectivity index (χ4n) is 1.30. The van der Waals surface area contributed by atoms with Crippen molar-refractivity contribution in [3.63, 3.8) is 0 Å². The van der Waals surface area contributed by atoms with Crippen molar-refractivity contribution >= 4 is 27.0 Å². The Kier molecular flexibility index (Phi) is 1.76. The van der Waals surface area contributed by atoms with Crippen LogP contribution in [0.3, 0.4) is 0 Å². The number of hydrogen-bond donors (Lipinski definition) is 0. The van der Waals surface area contributed by atoms with Crippen LogP contribution in [0.5, 0.6) is 0 Å². The molecule has 0 N–H and O–H groups in total. The summed E-state index contributed by atoms with van der Waals surface area (Å²) < 4.78 is 3.99. The van der Waals surface area contributed by atoms with E-state index in [-0.39, 0.29) is 5.56 Å². The Hall–Kier alpha value is -1.10. The van der Waals surface area contributed by atoms with Crippen LogP contribution < -0.4 is 5.56 Å². The van der Waals surface area contributed by atoms with E-state index in [0.717, 1.165) is 5.52 Å².